The molecule has 0 nitrogen and oxygen atoms in total. The third-order valence-electron chi connectivity index (χ3n) is 5.60. The lowest BCUT2D eigenvalue weighted by Crippen LogP contribution is -2.26. The maximum atomic E-state index is 2.55. The van der Waals surface area contributed by atoms with Crippen LogP contribution in [0.2, 0.25) is 33.7 Å². The van der Waals surface area contributed by atoms with Gasteiger partial charge in [0, 0.05) is 0 Å². The Balaban J connectivity index is 1.84. The first kappa shape index (κ1) is 15.5. The second kappa shape index (κ2) is 7.18. The van der Waals surface area contributed by atoms with E-state index < -0.39 is 0 Å². The Morgan fingerprint density at radius 2 is 1.61 bits per heavy atom. The van der Waals surface area contributed by atoms with Gasteiger partial charge in [0.25, 0.3) is 28.3 Å². The van der Waals surface area contributed by atoms with Gasteiger partial charge >= 0.3 is 0 Å². The summed E-state index contributed by atoms with van der Waals surface area (Å²) in [5, 5.41) is 3.25. The van der Waals surface area contributed by atoms with Crippen molar-refractivity contribution in [3.05, 3.63) is 0 Å². The number of fused-ring (bicyclic) bond motifs is 1. The van der Waals surface area contributed by atoms with Crippen LogP contribution in [-0.4, -0.2) is 28.3 Å². The molecule has 18 heavy (non-hydrogen) atoms. The zero-order valence-electron chi connectivity index (χ0n) is 13.1. The summed E-state index contributed by atoms with van der Waals surface area (Å²) in [6.07, 6.45) is 9.55. The molecule has 2 saturated carbocycles. The molecular weight excluding hydrogens is 246 g/mol. The molecular formula is C16H32Al2. The zero-order chi connectivity index (χ0) is 13.1. The minimum absolute atomic E-state index is 0.303. The summed E-state index contributed by atoms with van der Waals surface area (Å²) in [6.45, 7) is 0. The molecule has 0 radical (unpaired) electrons. The molecule has 4 unspecified atom stereocenters. The van der Waals surface area contributed by atoms with Crippen LogP contribution >= 0.6 is 0 Å². The highest BCUT2D eigenvalue weighted by Gasteiger charge is 2.40. The highest BCUT2D eigenvalue weighted by Crippen LogP contribution is 2.50. The molecule has 0 heterocycles. The van der Waals surface area contributed by atoms with Gasteiger partial charge in [0.1, 0.15) is 0 Å². The van der Waals surface area contributed by atoms with Crippen molar-refractivity contribution in [1.29, 1.82) is 0 Å². The Hall–Kier alpha value is 1.06. The second-order valence-electron chi connectivity index (χ2n) is 8.04. The molecule has 2 aliphatic rings. The van der Waals surface area contributed by atoms with Gasteiger partial charge in [-0.05, 0) is 42.9 Å². The fourth-order valence-corrected chi connectivity index (χ4v) is 7.60. The summed E-state index contributed by atoms with van der Waals surface area (Å²) >= 11 is -0.639. The number of hydrogen-bond donors (Lipinski definition) is 0. The first-order chi connectivity index (χ1) is 8.56. The quantitative estimate of drug-likeness (QED) is 0.596. The van der Waals surface area contributed by atoms with E-state index in [1.807, 2.05) is 0 Å². The van der Waals surface area contributed by atoms with Crippen molar-refractivity contribution in [1.82, 2.24) is 0 Å². The Kier molecular flexibility index (Phi) is 6.17. The summed E-state index contributed by atoms with van der Waals surface area (Å²) in [5.74, 6) is 14.7. The Bertz CT molecular complexity index is 249. The first-order valence-corrected chi connectivity index (χ1v) is 14.8. The molecule has 0 spiro atoms. The molecule has 0 bridgehead atoms. The number of hydrogen-bond acceptors (Lipinski definition) is 0. The lowest BCUT2D eigenvalue weighted by molar-refractivity contribution is 0.175. The molecule has 2 aliphatic carbocycles. The van der Waals surface area contributed by atoms with Crippen molar-refractivity contribution in [2.75, 3.05) is 0 Å². The standard InChI is InChI=1S/C12H20.4CH3.2Al/c1-3-10-5-7-11-6-4-9(2)12(11)8-10;;;;;;/h9-12H,1-8H2;4*1H3;;. The van der Waals surface area contributed by atoms with E-state index in [-0.39, 0.29) is 28.3 Å². The predicted molar refractivity (Wildman–Crippen MR) is 86.2 cm³/mol. The van der Waals surface area contributed by atoms with Gasteiger partial charge in [-0.3, -0.25) is 0 Å². The normalized spacial score (nSPS) is 35.3. The minimum Gasteiger partial charge on any atom is -0.106 e. The first-order valence-electron chi connectivity index (χ1n) is 8.56. The van der Waals surface area contributed by atoms with Crippen molar-refractivity contribution in [3.63, 3.8) is 0 Å². The smallest absolute Gasteiger partial charge is 0.106 e. The maximum Gasteiger partial charge on any atom is 0.255 e. The van der Waals surface area contributed by atoms with Crippen LogP contribution in [0.1, 0.15) is 38.5 Å². The molecule has 2 rings (SSSR count). The van der Waals surface area contributed by atoms with Gasteiger partial charge in [-0.25, -0.2) is 0 Å². The van der Waals surface area contributed by atoms with E-state index in [0.29, 0.717) is 0 Å². The lowest BCUT2D eigenvalue weighted by atomic mass is 9.72. The predicted octanol–water partition coefficient (Wildman–Crippen LogP) is 5.33. The van der Waals surface area contributed by atoms with Crippen LogP contribution in [0.15, 0.2) is 0 Å². The van der Waals surface area contributed by atoms with E-state index in [1.165, 1.54) is 0 Å². The zero-order valence-corrected chi connectivity index (χ0v) is 15.4. The van der Waals surface area contributed by atoms with Gasteiger partial charge < -0.3 is 0 Å². The highest BCUT2D eigenvalue weighted by atomic mass is 27.2. The average molecular weight is 278 g/mol. The van der Waals surface area contributed by atoms with Crippen LogP contribution in [0, 0.1) is 23.7 Å². The van der Waals surface area contributed by atoms with Gasteiger partial charge in [-0.15, -0.1) is 23.1 Å². The van der Waals surface area contributed by atoms with Gasteiger partial charge in [0.15, 0.2) is 0 Å². The van der Waals surface area contributed by atoms with Gasteiger partial charge in [-0.1, -0.05) is 29.8 Å². The topological polar surface area (TPSA) is 0 Å². The third-order valence-corrected chi connectivity index (χ3v) is 8.63. The molecule has 2 fully saturated rings. The molecule has 0 aromatic carbocycles. The fraction of sp³-hybridized carbons (Fsp3) is 1.00. The molecule has 0 aromatic rings. The van der Waals surface area contributed by atoms with E-state index in [4.69, 9.17) is 0 Å². The molecule has 0 aromatic heterocycles. The SMILES string of the molecule is [CH3][Al]([CH3])[CH2]CC1CCC2CCC([CH2][Al]([CH3])[CH3])C2C1. The molecule has 0 aliphatic heterocycles. The van der Waals surface area contributed by atoms with Crippen molar-refractivity contribution in [2.45, 2.75) is 72.2 Å². The molecule has 102 valence electrons. The Morgan fingerprint density at radius 3 is 2.28 bits per heavy atom. The van der Waals surface area contributed by atoms with Crippen LogP contribution in [0.3, 0.4) is 0 Å². The summed E-state index contributed by atoms with van der Waals surface area (Å²) in [7, 11) is 0. The minimum atomic E-state index is -0.336. The van der Waals surface area contributed by atoms with Crippen LogP contribution in [0.4, 0.5) is 0 Å². The Morgan fingerprint density at radius 1 is 0.889 bits per heavy atom. The van der Waals surface area contributed by atoms with Crippen LogP contribution in [0.25, 0.3) is 0 Å². The largest absolute Gasteiger partial charge is 0.255 e. The van der Waals surface area contributed by atoms with Gasteiger partial charge in [-0.2, -0.15) is 0 Å². The van der Waals surface area contributed by atoms with E-state index in [1.54, 1.807) is 49.1 Å². The van der Waals surface area contributed by atoms with E-state index in [2.05, 4.69) is 23.1 Å². The van der Waals surface area contributed by atoms with Crippen LogP contribution in [0.5, 0.6) is 0 Å². The summed E-state index contributed by atoms with van der Waals surface area (Å²) < 4.78 is 0. The third kappa shape index (κ3) is 4.28. The Labute approximate surface area is 124 Å². The van der Waals surface area contributed by atoms with E-state index >= 15 is 0 Å². The van der Waals surface area contributed by atoms with Gasteiger partial charge in [0.05, 0.1) is 0 Å². The van der Waals surface area contributed by atoms with Crippen molar-refractivity contribution in [2.24, 2.45) is 23.7 Å². The maximum absolute atomic E-state index is 2.55. The average Bonchev–Trinajstić information content (AvgIpc) is 2.68. The molecule has 0 amide bonds. The summed E-state index contributed by atoms with van der Waals surface area (Å²) in [4.78, 5) is 0. The van der Waals surface area contributed by atoms with E-state index in [0.717, 1.165) is 23.7 Å². The number of rotatable bonds is 5. The molecule has 4 atom stereocenters. The monoisotopic (exact) mass is 278 g/mol. The highest BCUT2D eigenvalue weighted by molar-refractivity contribution is 6.56. The van der Waals surface area contributed by atoms with E-state index in [9.17, 15) is 0 Å². The fourth-order valence-electron chi connectivity index (χ4n) is 4.67. The lowest BCUT2D eigenvalue weighted by Gasteiger charge is -2.35. The van der Waals surface area contributed by atoms with Crippen molar-refractivity contribution >= 4 is 28.3 Å². The van der Waals surface area contributed by atoms with Gasteiger partial charge in [0.2, 0.25) is 0 Å². The summed E-state index contributed by atoms with van der Waals surface area (Å²) in [6, 6.07) is 0. The van der Waals surface area contributed by atoms with Crippen molar-refractivity contribution in [3.8, 4) is 0 Å². The van der Waals surface area contributed by atoms with Crippen molar-refractivity contribution < 1.29 is 0 Å². The van der Waals surface area contributed by atoms with Crippen LogP contribution in [-0.2, 0) is 0 Å². The molecule has 0 N–H and O–H groups in total. The molecule has 0 saturated heterocycles. The molecule has 2 heteroatoms. The summed E-state index contributed by atoms with van der Waals surface area (Å²) in [5.41, 5.74) is 0. The second-order valence-corrected chi connectivity index (χ2v) is 14.7. The van der Waals surface area contributed by atoms with Crippen LogP contribution < -0.4 is 0 Å².